The Hall–Kier alpha value is -1.12. The highest BCUT2D eigenvalue weighted by Gasteiger charge is 2.09. The molecule has 1 N–H and O–H groups in total. The fourth-order valence-electron chi connectivity index (χ4n) is 1.73. The maximum atomic E-state index is 11.1. The minimum absolute atomic E-state index is 0.255. The fraction of sp³-hybridized carbons (Fsp3) is 0.500. The van der Waals surface area contributed by atoms with E-state index in [-0.39, 0.29) is 5.75 Å². The summed E-state index contributed by atoms with van der Waals surface area (Å²) in [6.07, 6.45) is 3.23. The van der Waals surface area contributed by atoms with Crippen LogP contribution in [0, 0.1) is 0 Å². The predicted octanol–water partition coefficient (Wildman–Crippen LogP) is 1.63. The zero-order valence-electron chi connectivity index (χ0n) is 11.1. The van der Waals surface area contributed by atoms with Gasteiger partial charge >= 0.3 is 10.1 Å². The lowest BCUT2D eigenvalue weighted by molar-refractivity contribution is 0.477. The number of unbranched alkanes of at least 4 members (excludes halogenated alkanes) is 2. The summed E-state index contributed by atoms with van der Waals surface area (Å²) in [7, 11) is -7.47. The second-order valence-corrected chi connectivity index (χ2v) is 7.64. The molecule has 1 aromatic carbocycles. The first-order chi connectivity index (χ1) is 9.17. The van der Waals surface area contributed by atoms with E-state index >= 15 is 0 Å². The standard InChI is InChI=1S/C12H18O6S2/c1-19(13,14)18-12-9-5-4-8-11(12)7-3-2-6-10-20(15,16)17/h4-5,8-9H,2-3,6-7,10H2,1H3,(H,15,16,17). The molecule has 1 rings (SSSR count). The van der Waals surface area contributed by atoms with Crippen LogP contribution in [0.5, 0.6) is 5.75 Å². The Bertz CT molecular complexity index is 634. The van der Waals surface area contributed by atoms with Gasteiger partial charge in [-0.25, -0.2) is 0 Å². The summed E-state index contributed by atoms with van der Waals surface area (Å²) >= 11 is 0. The van der Waals surface area contributed by atoms with Crippen LogP contribution >= 0.6 is 0 Å². The molecule has 0 unspecified atom stereocenters. The highest BCUT2D eigenvalue weighted by Crippen LogP contribution is 2.21. The molecular formula is C12H18O6S2. The fourth-order valence-corrected chi connectivity index (χ4v) is 2.79. The third kappa shape index (κ3) is 7.46. The van der Waals surface area contributed by atoms with Crippen LogP contribution in [0.4, 0.5) is 0 Å². The maximum absolute atomic E-state index is 11.1. The van der Waals surface area contributed by atoms with Crippen molar-refractivity contribution in [3.8, 4) is 5.75 Å². The lowest BCUT2D eigenvalue weighted by Gasteiger charge is -2.09. The predicted molar refractivity (Wildman–Crippen MR) is 75.9 cm³/mol. The van der Waals surface area contributed by atoms with Crippen LogP contribution in [0.2, 0.25) is 0 Å². The SMILES string of the molecule is CS(=O)(=O)Oc1ccccc1CCCCCS(=O)(=O)O. The number of benzene rings is 1. The molecule has 0 heterocycles. The molecule has 1 aromatic rings. The van der Waals surface area contributed by atoms with Crippen LogP contribution in [0.1, 0.15) is 24.8 Å². The van der Waals surface area contributed by atoms with Gasteiger partial charge in [0.05, 0.1) is 12.0 Å². The van der Waals surface area contributed by atoms with E-state index in [1.807, 2.05) is 0 Å². The molecule has 0 saturated carbocycles. The highest BCUT2D eigenvalue weighted by atomic mass is 32.2. The summed E-state index contributed by atoms with van der Waals surface area (Å²) < 4.78 is 56.8. The van der Waals surface area contributed by atoms with E-state index in [4.69, 9.17) is 8.74 Å². The van der Waals surface area contributed by atoms with Crippen LogP contribution in [0.25, 0.3) is 0 Å². The molecule has 0 bridgehead atoms. The molecule has 0 saturated heterocycles. The summed E-state index contributed by atoms with van der Waals surface area (Å²) in [5.74, 6) is 0.0406. The largest absolute Gasteiger partial charge is 0.382 e. The van der Waals surface area contributed by atoms with Crippen molar-refractivity contribution in [2.75, 3.05) is 12.0 Å². The van der Waals surface area contributed by atoms with Crippen molar-refractivity contribution in [2.45, 2.75) is 25.7 Å². The summed E-state index contributed by atoms with van der Waals surface area (Å²) in [6, 6.07) is 6.81. The van der Waals surface area contributed by atoms with E-state index in [2.05, 4.69) is 0 Å². The van der Waals surface area contributed by atoms with Gasteiger partial charge in [-0.1, -0.05) is 24.6 Å². The van der Waals surface area contributed by atoms with Gasteiger partial charge in [0.15, 0.2) is 0 Å². The number of rotatable bonds is 8. The van der Waals surface area contributed by atoms with Gasteiger partial charge in [-0.2, -0.15) is 16.8 Å². The van der Waals surface area contributed by atoms with Gasteiger partial charge in [-0.3, -0.25) is 4.55 Å². The van der Waals surface area contributed by atoms with Crippen molar-refractivity contribution in [3.63, 3.8) is 0 Å². The first-order valence-corrected chi connectivity index (χ1v) is 9.52. The van der Waals surface area contributed by atoms with E-state index in [1.165, 1.54) is 0 Å². The smallest absolute Gasteiger partial charge is 0.306 e. The average Bonchev–Trinajstić information content (AvgIpc) is 2.27. The number of hydrogen-bond donors (Lipinski definition) is 1. The van der Waals surface area contributed by atoms with Crippen molar-refractivity contribution in [1.29, 1.82) is 0 Å². The second-order valence-electron chi connectivity index (χ2n) is 4.49. The van der Waals surface area contributed by atoms with Gasteiger partial charge < -0.3 is 4.18 Å². The van der Waals surface area contributed by atoms with Crippen LogP contribution in [0.15, 0.2) is 24.3 Å². The van der Waals surface area contributed by atoms with E-state index in [0.29, 0.717) is 31.4 Å². The minimum Gasteiger partial charge on any atom is -0.382 e. The van der Waals surface area contributed by atoms with Gasteiger partial charge in [0.1, 0.15) is 5.75 Å². The third-order valence-corrected chi connectivity index (χ3v) is 3.85. The van der Waals surface area contributed by atoms with E-state index in [9.17, 15) is 16.8 Å². The molecule has 0 aromatic heterocycles. The molecule has 0 aliphatic carbocycles. The Labute approximate surface area is 119 Å². The van der Waals surface area contributed by atoms with Gasteiger partial charge in [0.25, 0.3) is 10.1 Å². The quantitative estimate of drug-likeness (QED) is 0.444. The van der Waals surface area contributed by atoms with E-state index in [1.54, 1.807) is 24.3 Å². The monoisotopic (exact) mass is 322 g/mol. The van der Waals surface area contributed by atoms with Crippen LogP contribution < -0.4 is 4.18 Å². The van der Waals surface area contributed by atoms with Crippen molar-refractivity contribution in [1.82, 2.24) is 0 Å². The lowest BCUT2D eigenvalue weighted by Crippen LogP contribution is -2.07. The number of para-hydroxylation sites is 1. The molecule has 20 heavy (non-hydrogen) atoms. The summed E-state index contributed by atoms with van der Waals surface area (Å²) in [5, 5.41) is 0. The molecule has 0 fully saturated rings. The highest BCUT2D eigenvalue weighted by molar-refractivity contribution is 7.86. The van der Waals surface area contributed by atoms with Crippen LogP contribution in [0.3, 0.4) is 0 Å². The maximum Gasteiger partial charge on any atom is 0.306 e. The molecule has 6 nitrogen and oxygen atoms in total. The summed E-state index contributed by atoms with van der Waals surface area (Å²) in [5.41, 5.74) is 0.754. The summed E-state index contributed by atoms with van der Waals surface area (Å²) in [6.45, 7) is 0. The Morgan fingerprint density at radius 3 is 2.30 bits per heavy atom. The van der Waals surface area contributed by atoms with Crippen LogP contribution in [-0.2, 0) is 26.7 Å². The number of hydrogen-bond acceptors (Lipinski definition) is 5. The Morgan fingerprint density at radius 1 is 1.05 bits per heavy atom. The van der Waals surface area contributed by atoms with Crippen molar-refractivity contribution < 1.29 is 25.6 Å². The number of aryl methyl sites for hydroxylation is 1. The average molecular weight is 322 g/mol. The molecule has 0 aliphatic rings. The van der Waals surface area contributed by atoms with Gasteiger partial charge in [-0.15, -0.1) is 0 Å². The molecule has 0 radical (unpaired) electrons. The molecule has 0 amide bonds. The zero-order chi connectivity index (χ0) is 15.2. The molecular weight excluding hydrogens is 304 g/mol. The lowest BCUT2D eigenvalue weighted by atomic mass is 10.1. The van der Waals surface area contributed by atoms with Crippen molar-refractivity contribution in [2.24, 2.45) is 0 Å². The Kier molecular flexibility index (Phi) is 5.97. The zero-order valence-corrected chi connectivity index (χ0v) is 12.8. The summed E-state index contributed by atoms with van der Waals surface area (Å²) in [4.78, 5) is 0. The second kappa shape index (κ2) is 7.05. The molecule has 0 atom stereocenters. The molecule has 0 aliphatic heterocycles. The van der Waals surface area contributed by atoms with Gasteiger partial charge in [-0.05, 0) is 30.9 Å². The van der Waals surface area contributed by atoms with Crippen molar-refractivity contribution >= 4 is 20.2 Å². The minimum atomic E-state index is -3.91. The van der Waals surface area contributed by atoms with E-state index in [0.717, 1.165) is 11.8 Å². The van der Waals surface area contributed by atoms with Crippen molar-refractivity contribution in [3.05, 3.63) is 29.8 Å². The van der Waals surface area contributed by atoms with Gasteiger partial charge in [0.2, 0.25) is 0 Å². The molecule has 8 heteroatoms. The Morgan fingerprint density at radius 2 is 1.70 bits per heavy atom. The molecule has 114 valence electrons. The Balaban J connectivity index is 2.52. The van der Waals surface area contributed by atoms with Gasteiger partial charge in [0, 0.05) is 0 Å². The topological polar surface area (TPSA) is 97.7 Å². The molecule has 0 spiro atoms. The van der Waals surface area contributed by atoms with E-state index < -0.39 is 20.2 Å². The van der Waals surface area contributed by atoms with Crippen LogP contribution in [-0.4, -0.2) is 33.4 Å². The first-order valence-electron chi connectivity index (χ1n) is 6.10. The third-order valence-electron chi connectivity index (χ3n) is 2.56. The first kappa shape index (κ1) is 16.9. The normalized spacial score (nSPS) is 12.3.